The summed E-state index contributed by atoms with van der Waals surface area (Å²) < 4.78 is 0.849. The van der Waals surface area contributed by atoms with Gasteiger partial charge in [-0.3, -0.25) is 0 Å². The van der Waals surface area contributed by atoms with E-state index >= 15 is 0 Å². The van der Waals surface area contributed by atoms with Gasteiger partial charge in [-0.15, -0.1) is 0 Å². The average Bonchev–Trinajstić information content (AvgIpc) is 2.84. The molecule has 2 rings (SSSR count). The molecule has 2 unspecified atom stereocenters. The molecule has 0 saturated carbocycles. The Balaban J connectivity index is 2.07. The second kappa shape index (κ2) is 5.99. The quantitative estimate of drug-likeness (QED) is 0.903. The lowest BCUT2D eigenvalue weighted by molar-refractivity contribution is 0.565. The maximum absolute atomic E-state index is 9.21. The number of nitrogens with zero attached hydrogens (tertiary/aromatic N) is 1. The van der Waals surface area contributed by atoms with E-state index in [1.807, 2.05) is 30.0 Å². The van der Waals surface area contributed by atoms with Crippen molar-refractivity contribution in [2.24, 2.45) is 5.92 Å². The van der Waals surface area contributed by atoms with Gasteiger partial charge in [0.2, 0.25) is 0 Å². The predicted octanol–water partition coefficient (Wildman–Crippen LogP) is 4.16. The summed E-state index contributed by atoms with van der Waals surface area (Å²) in [6.07, 6.45) is 1.12. The average molecular weight is 332 g/mol. The summed E-state index contributed by atoms with van der Waals surface area (Å²) in [5.74, 6) is 2.67. The van der Waals surface area contributed by atoms with Crippen LogP contribution >= 0.6 is 39.3 Å². The fraction of sp³-hybridized carbons (Fsp3) is 0.417. The largest absolute Gasteiger partial charge is 0.370 e. The van der Waals surface area contributed by atoms with Crippen LogP contribution in [0, 0.1) is 17.2 Å². The van der Waals surface area contributed by atoms with Crippen molar-refractivity contribution in [3.05, 3.63) is 27.7 Å². The van der Waals surface area contributed by atoms with Crippen LogP contribution < -0.4 is 5.32 Å². The van der Waals surface area contributed by atoms with Crippen LogP contribution in [0.2, 0.25) is 5.02 Å². The molecule has 0 aromatic heterocycles. The van der Waals surface area contributed by atoms with Gasteiger partial charge in [0.15, 0.2) is 0 Å². The van der Waals surface area contributed by atoms with Gasteiger partial charge in [0.25, 0.3) is 0 Å². The van der Waals surface area contributed by atoms with E-state index in [9.17, 15) is 5.26 Å². The molecule has 17 heavy (non-hydrogen) atoms. The zero-order valence-corrected chi connectivity index (χ0v) is 12.3. The Morgan fingerprint density at radius 2 is 2.41 bits per heavy atom. The van der Waals surface area contributed by atoms with Crippen molar-refractivity contribution in [3.8, 4) is 6.07 Å². The zero-order chi connectivity index (χ0) is 12.3. The van der Waals surface area contributed by atoms with Crippen LogP contribution in [0.4, 0.5) is 5.69 Å². The third-order valence-corrected chi connectivity index (χ3v) is 5.22. The highest BCUT2D eigenvalue weighted by molar-refractivity contribution is 9.10. The van der Waals surface area contributed by atoms with E-state index in [1.54, 1.807) is 0 Å². The fourth-order valence-electron chi connectivity index (χ4n) is 1.84. The molecule has 1 aromatic carbocycles. The molecule has 1 heterocycles. The van der Waals surface area contributed by atoms with Gasteiger partial charge in [0, 0.05) is 16.1 Å². The third kappa shape index (κ3) is 3.31. The van der Waals surface area contributed by atoms with E-state index in [2.05, 4.69) is 27.3 Å². The SMILES string of the molecule is N#CC(Nc1ccc(Cl)c(Br)c1)C1CCSC1. The van der Waals surface area contributed by atoms with Gasteiger partial charge >= 0.3 is 0 Å². The van der Waals surface area contributed by atoms with Crippen LogP contribution in [0.25, 0.3) is 0 Å². The van der Waals surface area contributed by atoms with Crippen molar-refractivity contribution in [3.63, 3.8) is 0 Å². The van der Waals surface area contributed by atoms with Crippen LogP contribution in [-0.4, -0.2) is 17.5 Å². The molecule has 0 aliphatic carbocycles. The van der Waals surface area contributed by atoms with Crippen molar-refractivity contribution in [2.45, 2.75) is 12.5 Å². The molecule has 0 bridgehead atoms. The number of nitrogens with one attached hydrogen (secondary N) is 1. The number of hydrogen-bond donors (Lipinski definition) is 1. The highest BCUT2D eigenvalue weighted by Crippen LogP contribution is 2.30. The van der Waals surface area contributed by atoms with Gasteiger partial charge in [-0.25, -0.2) is 0 Å². The summed E-state index contributed by atoms with van der Waals surface area (Å²) in [4.78, 5) is 0. The standard InChI is InChI=1S/C12H12BrClN2S/c13-10-5-9(1-2-11(10)14)16-12(6-15)8-3-4-17-7-8/h1-2,5,8,12,16H,3-4,7H2. The Morgan fingerprint density at radius 1 is 1.59 bits per heavy atom. The molecule has 1 N–H and O–H groups in total. The van der Waals surface area contributed by atoms with E-state index in [1.165, 1.54) is 0 Å². The minimum Gasteiger partial charge on any atom is -0.370 e. The Kier molecular flexibility index (Phi) is 4.61. The van der Waals surface area contributed by atoms with Gasteiger partial charge in [0.1, 0.15) is 6.04 Å². The fourth-order valence-corrected chi connectivity index (χ4v) is 3.63. The van der Waals surface area contributed by atoms with Gasteiger partial charge < -0.3 is 5.32 Å². The molecule has 1 saturated heterocycles. The normalized spacial score (nSPS) is 20.9. The van der Waals surface area contributed by atoms with Gasteiger partial charge in [-0.1, -0.05) is 11.6 Å². The topological polar surface area (TPSA) is 35.8 Å². The highest BCUT2D eigenvalue weighted by Gasteiger charge is 2.25. The summed E-state index contributed by atoms with van der Waals surface area (Å²) in [5, 5.41) is 13.2. The summed E-state index contributed by atoms with van der Waals surface area (Å²) in [6, 6.07) is 7.88. The molecule has 1 aromatic rings. The first-order valence-corrected chi connectivity index (χ1v) is 7.72. The highest BCUT2D eigenvalue weighted by atomic mass is 79.9. The molecule has 2 nitrogen and oxygen atoms in total. The lowest BCUT2D eigenvalue weighted by atomic mass is 10.0. The maximum Gasteiger partial charge on any atom is 0.118 e. The molecule has 5 heteroatoms. The van der Waals surface area contributed by atoms with Crippen molar-refractivity contribution in [1.82, 2.24) is 0 Å². The molecule has 0 spiro atoms. The molecule has 90 valence electrons. The number of thioether (sulfide) groups is 1. The van der Waals surface area contributed by atoms with Crippen molar-refractivity contribution in [1.29, 1.82) is 5.26 Å². The molecule has 2 atom stereocenters. The van der Waals surface area contributed by atoms with Crippen LogP contribution in [0.1, 0.15) is 6.42 Å². The van der Waals surface area contributed by atoms with E-state index < -0.39 is 0 Å². The van der Waals surface area contributed by atoms with E-state index in [0.29, 0.717) is 10.9 Å². The Hall–Kier alpha value is -0.370. The number of anilines is 1. The van der Waals surface area contributed by atoms with E-state index in [4.69, 9.17) is 11.6 Å². The lowest BCUT2D eigenvalue weighted by Crippen LogP contribution is -2.27. The number of rotatable bonds is 3. The minimum absolute atomic E-state index is 0.113. The number of halogens is 2. The molecule has 1 aliphatic heterocycles. The van der Waals surface area contributed by atoms with Gasteiger partial charge in [-0.2, -0.15) is 17.0 Å². The first-order valence-electron chi connectivity index (χ1n) is 5.39. The molecular weight excluding hydrogens is 320 g/mol. The second-order valence-corrected chi connectivity index (χ2v) is 6.42. The number of benzene rings is 1. The monoisotopic (exact) mass is 330 g/mol. The first kappa shape index (κ1) is 13.1. The summed E-state index contributed by atoms with van der Waals surface area (Å²) >= 11 is 11.2. The lowest BCUT2D eigenvalue weighted by Gasteiger charge is -2.18. The number of nitriles is 1. The summed E-state index contributed by atoms with van der Waals surface area (Å²) in [7, 11) is 0. The molecule has 1 aliphatic rings. The Labute approximate surface area is 119 Å². The molecule has 0 amide bonds. The van der Waals surface area contributed by atoms with Gasteiger partial charge in [-0.05, 0) is 52.1 Å². The van der Waals surface area contributed by atoms with Crippen LogP contribution in [0.5, 0.6) is 0 Å². The Morgan fingerprint density at radius 3 is 3.00 bits per heavy atom. The first-order chi connectivity index (χ1) is 8.20. The molecule has 1 fully saturated rings. The van der Waals surface area contributed by atoms with Gasteiger partial charge in [0.05, 0.1) is 11.1 Å². The third-order valence-electron chi connectivity index (χ3n) is 2.82. The van der Waals surface area contributed by atoms with Crippen LogP contribution in [0.15, 0.2) is 22.7 Å². The predicted molar refractivity (Wildman–Crippen MR) is 77.6 cm³/mol. The van der Waals surface area contributed by atoms with Crippen molar-refractivity contribution in [2.75, 3.05) is 16.8 Å². The van der Waals surface area contributed by atoms with Crippen LogP contribution in [-0.2, 0) is 0 Å². The minimum atomic E-state index is -0.113. The smallest absolute Gasteiger partial charge is 0.118 e. The summed E-state index contributed by atoms with van der Waals surface area (Å²) in [6.45, 7) is 0. The molecular formula is C12H12BrClN2S. The zero-order valence-electron chi connectivity index (χ0n) is 9.12. The summed E-state index contributed by atoms with van der Waals surface area (Å²) in [5.41, 5.74) is 0.935. The van der Waals surface area contributed by atoms with E-state index in [0.717, 1.165) is 28.1 Å². The second-order valence-electron chi connectivity index (χ2n) is 4.00. The number of hydrogen-bond acceptors (Lipinski definition) is 3. The Bertz CT molecular complexity index is 441. The van der Waals surface area contributed by atoms with Crippen molar-refractivity contribution >= 4 is 45.0 Å². The van der Waals surface area contributed by atoms with Crippen LogP contribution in [0.3, 0.4) is 0 Å². The maximum atomic E-state index is 9.21. The molecule has 0 radical (unpaired) electrons. The van der Waals surface area contributed by atoms with E-state index in [-0.39, 0.29) is 6.04 Å². The van der Waals surface area contributed by atoms with Crippen molar-refractivity contribution < 1.29 is 0 Å².